The summed E-state index contributed by atoms with van der Waals surface area (Å²) >= 11 is 5.56. The van der Waals surface area contributed by atoms with Crippen LogP contribution < -0.4 is 5.73 Å². The van der Waals surface area contributed by atoms with Crippen LogP contribution >= 0.6 is 11.6 Å². The van der Waals surface area contributed by atoms with Crippen molar-refractivity contribution in [1.82, 2.24) is 4.98 Å². The minimum absolute atomic E-state index is 0.0510. The third-order valence-corrected chi connectivity index (χ3v) is 3.66. The quantitative estimate of drug-likeness (QED) is 0.720. The van der Waals surface area contributed by atoms with E-state index in [9.17, 15) is 8.78 Å². The van der Waals surface area contributed by atoms with E-state index in [1.807, 2.05) is 18.2 Å². The molecule has 106 valence electrons. The minimum atomic E-state index is -0.824. The fourth-order valence-corrected chi connectivity index (χ4v) is 2.47. The molecule has 1 unspecified atom stereocenters. The van der Waals surface area contributed by atoms with Crippen molar-refractivity contribution in [3.63, 3.8) is 0 Å². The summed E-state index contributed by atoms with van der Waals surface area (Å²) < 4.78 is 27.6. The van der Waals surface area contributed by atoms with Crippen LogP contribution in [0.2, 0.25) is 5.02 Å². The van der Waals surface area contributed by atoms with Crippen molar-refractivity contribution in [2.75, 3.05) is 0 Å². The molecule has 0 spiro atoms. The van der Waals surface area contributed by atoms with Gasteiger partial charge in [-0.2, -0.15) is 0 Å². The van der Waals surface area contributed by atoms with Gasteiger partial charge in [-0.1, -0.05) is 35.9 Å². The van der Waals surface area contributed by atoms with Crippen molar-refractivity contribution in [3.05, 3.63) is 76.4 Å². The van der Waals surface area contributed by atoms with Crippen LogP contribution in [-0.4, -0.2) is 4.98 Å². The van der Waals surface area contributed by atoms with E-state index in [4.69, 9.17) is 17.3 Å². The number of hydrogen-bond donors (Lipinski definition) is 1. The Bertz CT molecular complexity index is 815. The summed E-state index contributed by atoms with van der Waals surface area (Å²) in [5.41, 5.74) is 7.47. The Balaban J connectivity index is 2.17. The number of rotatable bonds is 2. The van der Waals surface area contributed by atoms with Gasteiger partial charge in [0.15, 0.2) is 0 Å². The average molecular weight is 305 g/mol. The number of hydrogen-bond acceptors (Lipinski definition) is 2. The van der Waals surface area contributed by atoms with Gasteiger partial charge in [0.25, 0.3) is 0 Å². The summed E-state index contributed by atoms with van der Waals surface area (Å²) in [6.07, 6.45) is 1.64. The average Bonchev–Trinajstić information content (AvgIpc) is 2.49. The predicted molar refractivity (Wildman–Crippen MR) is 79.1 cm³/mol. The molecule has 2 aromatic carbocycles. The molecule has 3 aromatic rings. The first-order valence-corrected chi connectivity index (χ1v) is 6.69. The zero-order chi connectivity index (χ0) is 15.0. The number of pyridine rings is 1. The molecule has 0 saturated carbocycles. The number of nitrogens with two attached hydrogens (primary N) is 1. The molecule has 1 aromatic heterocycles. The Morgan fingerprint density at radius 1 is 1.00 bits per heavy atom. The van der Waals surface area contributed by atoms with E-state index < -0.39 is 17.7 Å². The summed E-state index contributed by atoms with van der Waals surface area (Å²) in [5.74, 6) is -1.33. The van der Waals surface area contributed by atoms with Gasteiger partial charge in [0.2, 0.25) is 0 Å². The number of halogens is 3. The van der Waals surface area contributed by atoms with Crippen molar-refractivity contribution in [3.8, 4) is 0 Å². The third kappa shape index (κ3) is 2.48. The molecule has 5 heteroatoms. The molecule has 0 radical (unpaired) electrons. The molecule has 21 heavy (non-hydrogen) atoms. The van der Waals surface area contributed by atoms with Crippen molar-refractivity contribution in [2.45, 2.75) is 6.04 Å². The lowest BCUT2D eigenvalue weighted by molar-refractivity contribution is 0.577. The normalized spacial score (nSPS) is 12.6. The van der Waals surface area contributed by atoms with Gasteiger partial charge < -0.3 is 5.73 Å². The van der Waals surface area contributed by atoms with Gasteiger partial charge in [-0.25, -0.2) is 8.78 Å². The van der Waals surface area contributed by atoms with Gasteiger partial charge >= 0.3 is 0 Å². The van der Waals surface area contributed by atoms with Crippen molar-refractivity contribution < 1.29 is 8.78 Å². The van der Waals surface area contributed by atoms with E-state index in [0.29, 0.717) is 11.1 Å². The Morgan fingerprint density at radius 2 is 1.76 bits per heavy atom. The van der Waals surface area contributed by atoms with Crippen LogP contribution in [0.4, 0.5) is 8.78 Å². The first-order chi connectivity index (χ1) is 10.1. The summed E-state index contributed by atoms with van der Waals surface area (Å²) in [7, 11) is 0. The molecular weight excluding hydrogens is 294 g/mol. The van der Waals surface area contributed by atoms with Crippen LogP contribution in [0.3, 0.4) is 0 Å². The fourth-order valence-electron chi connectivity index (χ4n) is 2.32. The zero-order valence-corrected chi connectivity index (χ0v) is 11.6. The molecule has 0 aliphatic rings. The van der Waals surface area contributed by atoms with Crippen LogP contribution in [0.5, 0.6) is 0 Å². The molecule has 2 N–H and O–H groups in total. The van der Waals surface area contributed by atoms with E-state index in [2.05, 4.69) is 4.98 Å². The Hall–Kier alpha value is -2.04. The standard InChI is InChI=1S/C16H11ClF2N2/c17-12-8-13(18)11(7-14(12)19)15(20)10-5-1-3-9-4-2-6-21-16(9)10/h1-8,15H,20H2. The highest BCUT2D eigenvalue weighted by molar-refractivity contribution is 6.30. The molecule has 0 bridgehead atoms. The maximum absolute atomic E-state index is 14.0. The van der Waals surface area contributed by atoms with E-state index in [-0.39, 0.29) is 10.6 Å². The predicted octanol–water partition coefficient (Wildman–Crippen LogP) is 4.21. The Labute approximate surface area is 125 Å². The molecule has 2 nitrogen and oxygen atoms in total. The lowest BCUT2D eigenvalue weighted by Gasteiger charge is -2.15. The second kappa shape index (κ2) is 5.39. The maximum atomic E-state index is 14.0. The second-order valence-corrected chi connectivity index (χ2v) is 5.10. The topological polar surface area (TPSA) is 38.9 Å². The first kappa shape index (κ1) is 13.9. The summed E-state index contributed by atoms with van der Waals surface area (Å²) in [4.78, 5) is 4.28. The largest absolute Gasteiger partial charge is 0.320 e. The van der Waals surface area contributed by atoms with Gasteiger partial charge in [0.1, 0.15) is 11.6 Å². The van der Waals surface area contributed by atoms with Crippen LogP contribution in [0.15, 0.2) is 48.7 Å². The molecule has 1 atom stereocenters. The van der Waals surface area contributed by atoms with Crippen LogP contribution in [-0.2, 0) is 0 Å². The van der Waals surface area contributed by atoms with Crippen LogP contribution in [0.1, 0.15) is 17.2 Å². The number of para-hydroxylation sites is 1. The first-order valence-electron chi connectivity index (χ1n) is 6.31. The van der Waals surface area contributed by atoms with Crippen LogP contribution in [0.25, 0.3) is 10.9 Å². The molecule has 0 aliphatic carbocycles. The molecule has 1 heterocycles. The summed E-state index contributed by atoms with van der Waals surface area (Å²) in [5, 5.41) is 0.625. The van der Waals surface area contributed by atoms with Gasteiger partial charge in [-0.05, 0) is 23.8 Å². The monoisotopic (exact) mass is 304 g/mol. The van der Waals surface area contributed by atoms with Gasteiger partial charge in [-0.3, -0.25) is 4.98 Å². The molecule has 0 amide bonds. The highest BCUT2D eigenvalue weighted by Crippen LogP contribution is 2.29. The number of aromatic nitrogens is 1. The highest BCUT2D eigenvalue weighted by Gasteiger charge is 2.18. The number of benzene rings is 2. The van der Waals surface area contributed by atoms with Gasteiger partial charge in [-0.15, -0.1) is 0 Å². The van der Waals surface area contributed by atoms with Crippen molar-refractivity contribution >= 4 is 22.5 Å². The van der Waals surface area contributed by atoms with E-state index >= 15 is 0 Å². The maximum Gasteiger partial charge on any atom is 0.142 e. The molecule has 0 saturated heterocycles. The third-order valence-electron chi connectivity index (χ3n) is 3.37. The van der Waals surface area contributed by atoms with Gasteiger partial charge in [0.05, 0.1) is 16.6 Å². The van der Waals surface area contributed by atoms with Crippen molar-refractivity contribution in [1.29, 1.82) is 0 Å². The van der Waals surface area contributed by atoms with E-state index in [1.54, 1.807) is 18.3 Å². The van der Waals surface area contributed by atoms with E-state index in [1.165, 1.54) is 0 Å². The smallest absolute Gasteiger partial charge is 0.142 e. The SMILES string of the molecule is NC(c1cc(F)c(Cl)cc1F)c1cccc2cccnc12. The Kier molecular flexibility index (Phi) is 3.57. The highest BCUT2D eigenvalue weighted by atomic mass is 35.5. The lowest BCUT2D eigenvalue weighted by atomic mass is 9.96. The van der Waals surface area contributed by atoms with Crippen LogP contribution in [0, 0.1) is 11.6 Å². The second-order valence-electron chi connectivity index (χ2n) is 4.69. The number of nitrogens with zero attached hydrogens (tertiary/aromatic N) is 1. The molecule has 3 rings (SSSR count). The van der Waals surface area contributed by atoms with Gasteiger partial charge in [0, 0.05) is 17.1 Å². The van der Waals surface area contributed by atoms with Crippen molar-refractivity contribution in [2.24, 2.45) is 5.73 Å². The molecular formula is C16H11ClF2N2. The lowest BCUT2D eigenvalue weighted by Crippen LogP contribution is -2.15. The minimum Gasteiger partial charge on any atom is -0.320 e. The summed E-state index contributed by atoms with van der Waals surface area (Å²) in [6, 6.07) is 10.3. The number of fused-ring (bicyclic) bond motifs is 1. The van der Waals surface area contributed by atoms with E-state index in [0.717, 1.165) is 17.5 Å². The molecule has 0 aliphatic heterocycles. The molecule has 0 fully saturated rings. The Morgan fingerprint density at radius 3 is 2.57 bits per heavy atom. The fraction of sp³-hybridized carbons (Fsp3) is 0.0625. The summed E-state index contributed by atoms with van der Waals surface area (Å²) in [6.45, 7) is 0. The zero-order valence-electron chi connectivity index (χ0n) is 10.9.